The number of nitrogens with zero attached hydrogens (tertiary/aromatic N) is 4. The van der Waals surface area contributed by atoms with Gasteiger partial charge < -0.3 is 15.1 Å². The Morgan fingerprint density at radius 2 is 1.93 bits per heavy atom. The van der Waals surface area contributed by atoms with Gasteiger partial charge in [0.2, 0.25) is 5.95 Å². The lowest BCUT2D eigenvalue weighted by Crippen LogP contribution is -2.32. The molecule has 2 heterocycles. The third kappa shape index (κ3) is 4.61. The van der Waals surface area contributed by atoms with Crippen molar-refractivity contribution in [2.75, 3.05) is 32.1 Å². The van der Waals surface area contributed by atoms with Crippen LogP contribution in [-0.4, -0.2) is 59.9 Å². The van der Waals surface area contributed by atoms with Crippen LogP contribution in [0.25, 0.3) is 0 Å². The first-order valence-electron chi connectivity index (χ1n) is 10.4. The van der Waals surface area contributed by atoms with Crippen molar-refractivity contribution in [2.24, 2.45) is 0 Å². The molecule has 1 aliphatic heterocycles. The van der Waals surface area contributed by atoms with Crippen LogP contribution in [0.15, 0.2) is 24.4 Å². The van der Waals surface area contributed by atoms with Crippen molar-refractivity contribution in [3.63, 3.8) is 0 Å². The second-order valence-corrected chi connectivity index (χ2v) is 8.53. The lowest BCUT2D eigenvalue weighted by atomic mass is 9.99. The van der Waals surface area contributed by atoms with Gasteiger partial charge in [0, 0.05) is 50.9 Å². The zero-order valence-corrected chi connectivity index (χ0v) is 18.7. The van der Waals surface area contributed by atoms with E-state index >= 15 is 0 Å². The van der Waals surface area contributed by atoms with Crippen LogP contribution in [0.5, 0.6) is 0 Å². The largest absolute Gasteiger partial charge is 0.350 e. The SMILES string of the molecule is Cc1ccc(C(=O)N2CCC(c3nc(N(C)C)ncc3C(=O)NC(C)C)C2)cc1C. The van der Waals surface area contributed by atoms with Crippen molar-refractivity contribution in [2.45, 2.75) is 46.1 Å². The van der Waals surface area contributed by atoms with Gasteiger partial charge in [-0.15, -0.1) is 0 Å². The molecule has 1 atom stereocenters. The topological polar surface area (TPSA) is 78.4 Å². The lowest BCUT2D eigenvalue weighted by Gasteiger charge is -2.20. The monoisotopic (exact) mass is 409 g/mol. The molecule has 0 radical (unpaired) electrons. The van der Waals surface area contributed by atoms with Gasteiger partial charge in [-0.05, 0) is 57.4 Å². The minimum absolute atomic E-state index is 0.00453. The number of aromatic nitrogens is 2. The molecule has 3 rings (SSSR count). The van der Waals surface area contributed by atoms with Gasteiger partial charge in [-0.25, -0.2) is 9.97 Å². The molecule has 30 heavy (non-hydrogen) atoms. The van der Waals surface area contributed by atoms with Crippen LogP contribution in [0.1, 0.15) is 63.7 Å². The van der Waals surface area contributed by atoms with Crippen LogP contribution < -0.4 is 10.2 Å². The molecule has 7 heteroatoms. The molecule has 1 aromatic carbocycles. The normalized spacial score (nSPS) is 16.1. The van der Waals surface area contributed by atoms with Gasteiger partial charge in [-0.3, -0.25) is 9.59 Å². The molecule has 7 nitrogen and oxygen atoms in total. The number of hydrogen-bond donors (Lipinski definition) is 1. The summed E-state index contributed by atoms with van der Waals surface area (Å²) in [6.07, 6.45) is 2.37. The average Bonchev–Trinajstić information content (AvgIpc) is 3.18. The number of anilines is 1. The summed E-state index contributed by atoms with van der Waals surface area (Å²) in [4.78, 5) is 38.5. The highest BCUT2D eigenvalue weighted by atomic mass is 16.2. The summed E-state index contributed by atoms with van der Waals surface area (Å²) in [7, 11) is 3.74. The summed E-state index contributed by atoms with van der Waals surface area (Å²) in [5.74, 6) is 0.403. The number of carbonyl (C=O) groups is 2. The Labute approximate surface area is 178 Å². The predicted octanol–water partition coefficient (Wildman–Crippen LogP) is 2.93. The van der Waals surface area contributed by atoms with Crippen LogP contribution in [0.4, 0.5) is 5.95 Å². The van der Waals surface area contributed by atoms with Crippen LogP contribution in [0.3, 0.4) is 0 Å². The fourth-order valence-electron chi connectivity index (χ4n) is 3.65. The van der Waals surface area contributed by atoms with E-state index in [9.17, 15) is 9.59 Å². The highest BCUT2D eigenvalue weighted by Crippen LogP contribution is 2.30. The fourth-order valence-corrected chi connectivity index (χ4v) is 3.65. The smallest absolute Gasteiger partial charge is 0.254 e. The summed E-state index contributed by atoms with van der Waals surface area (Å²) in [6, 6.07) is 5.83. The minimum Gasteiger partial charge on any atom is -0.350 e. The Bertz CT molecular complexity index is 955. The van der Waals surface area contributed by atoms with E-state index in [0.29, 0.717) is 35.9 Å². The molecule has 0 bridgehead atoms. The predicted molar refractivity (Wildman–Crippen MR) is 118 cm³/mol. The first-order chi connectivity index (χ1) is 14.2. The van der Waals surface area contributed by atoms with Crippen LogP contribution in [-0.2, 0) is 0 Å². The number of amides is 2. The van der Waals surface area contributed by atoms with Gasteiger partial charge in [0.1, 0.15) is 0 Å². The number of rotatable bonds is 5. The van der Waals surface area contributed by atoms with Crippen molar-refractivity contribution in [1.29, 1.82) is 0 Å². The Balaban J connectivity index is 1.86. The Hall–Kier alpha value is -2.96. The van der Waals surface area contributed by atoms with Crippen LogP contribution in [0.2, 0.25) is 0 Å². The lowest BCUT2D eigenvalue weighted by molar-refractivity contribution is 0.0790. The fraction of sp³-hybridized carbons (Fsp3) is 0.478. The molecular weight excluding hydrogens is 378 g/mol. The number of carbonyl (C=O) groups excluding carboxylic acids is 2. The van der Waals surface area contributed by atoms with Crippen molar-refractivity contribution < 1.29 is 9.59 Å². The van der Waals surface area contributed by atoms with Crippen molar-refractivity contribution in [1.82, 2.24) is 20.2 Å². The summed E-state index contributed by atoms with van der Waals surface area (Å²) in [6.45, 7) is 9.08. The number of benzene rings is 1. The zero-order valence-electron chi connectivity index (χ0n) is 18.7. The summed E-state index contributed by atoms with van der Waals surface area (Å²) >= 11 is 0. The number of nitrogens with one attached hydrogen (secondary N) is 1. The number of hydrogen-bond acceptors (Lipinski definition) is 5. The second-order valence-electron chi connectivity index (χ2n) is 8.53. The molecule has 0 spiro atoms. The van der Waals surface area contributed by atoms with Crippen molar-refractivity contribution in [3.8, 4) is 0 Å². The Morgan fingerprint density at radius 3 is 2.57 bits per heavy atom. The molecule has 1 aromatic heterocycles. The van der Waals surface area contributed by atoms with E-state index in [1.54, 1.807) is 6.20 Å². The molecule has 1 N–H and O–H groups in total. The van der Waals surface area contributed by atoms with Gasteiger partial charge in [0.25, 0.3) is 11.8 Å². The van der Waals surface area contributed by atoms with E-state index in [0.717, 1.165) is 12.0 Å². The first-order valence-corrected chi connectivity index (χ1v) is 10.4. The van der Waals surface area contributed by atoms with Gasteiger partial charge in [0.15, 0.2) is 0 Å². The number of aryl methyl sites for hydroxylation is 2. The quantitative estimate of drug-likeness (QED) is 0.822. The molecular formula is C23H31N5O2. The molecule has 0 saturated carbocycles. The maximum atomic E-state index is 13.0. The summed E-state index contributed by atoms with van der Waals surface area (Å²) in [5.41, 5.74) is 4.18. The van der Waals surface area contributed by atoms with Crippen LogP contribution in [0, 0.1) is 13.8 Å². The van der Waals surface area contributed by atoms with E-state index in [-0.39, 0.29) is 23.8 Å². The molecule has 0 aliphatic carbocycles. The molecule has 160 valence electrons. The van der Waals surface area contributed by atoms with E-state index in [4.69, 9.17) is 4.98 Å². The van der Waals surface area contributed by atoms with E-state index < -0.39 is 0 Å². The third-order valence-corrected chi connectivity index (χ3v) is 5.49. The Morgan fingerprint density at radius 1 is 1.20 bits per heavy atom. The maximum Gasteiger partial charge on any atom is 0.254 e. The van der Waals surface area contributed by atoms with Gasteiger partial charge in [-0.1, -0.05) is 6.07 Å². The summed E-state index contributed by atoms with van der Waals surface area (Å²) < 4.78 is 0. The first kappa shape index (κ1) is 21.7. The highest BCUT2D eigenvalue weighted by Gasteiger charge is 2.32. The second kappa shape index (κ2) is 8.81. The molecule has 1 unspecified atom stereocenters. The molecule has 1 aliphatic rings. The molecule has 1 saturated heterocycles. The maximum absolute atomic E-state index is 13.0. The van der Waals surface area contributed by atoms with Crippen molar-refractivity contribution in [3.05, 3.63) is 52.3 Å². The standard InChI is InChI=1S/C23H31N5O2/c1-14(2)25-21(29)19-12-24-23(27(5)6)26-20(19)18-9-10-28(13-18)22(30)17-8-7-15(3)16(4)11-17/h7-8,11-12,14,18H,9-10,13H2,1-6H3,(H,25,29). The summed E-state index contributed by atoms with van der Waals surface area (Å²) in [5, 5.41) is 2.93. The number of likely N-dealkylation sites (tertiary alicyclic amines) is 1. The van der Waals surface area contributed by atoms with E-state index in [1.807, 2.05) is 69.8 Å². The molecule has 2 amide bonds. The third-order valence-electron chi connectivity index (χ3n) is 5.49. The highest BCUT2D eigenvalue weighted by molar-refractivity contribution is 5.96. The molecule has 1 fully saturated rings. The van der Waals surface area contributed by atoms with Gasteiger partial charge >= 0.3 is 0 Å². The van der Waals surface area contributed by atoms with Gasteiger partial charge in [-0.2, -0.15) is 0 Å². The van der Waals surface area contributed by atoms with E-state index in [1.165, 1.54) is 5.56 Å². The van der Waals surface area contributed by atoms with Crippen LogP contribution >= 0.6 is 0 Å². The minimum atomic E-state index is -0.177. The Kier molecular flexibility index (Phi) is 6.39. The average molecular weight is 410 g/mol. The van der Waals surface area contributed by atoms with Crippen molar-refractivity contribution >= 4 is 17.8 Å². The molecule has 2 aromatic rings. The van der Waals surface area contributed by atoms with Gasteiger partial charge in [0.05, 0.1) is 11.3 Å². The zero-order chi connectivity index (χ0) is 22.0. The van der Waals surface area contributed by atoms with E-state index in [2.05, 4.69) is 10.3 Å².